The number of anilines is 1. The minimum Gasteiger partial charge on any atom is -0.423 e. The lowest BCUT2D eigenvalue weighted by Crippen LogP contribution is -2.53. The highest BCUT2D eigenvalue weighted by Gasteiger charge is 2.45. The number of ketones is 1. The SMILES string of the molecule is Cc1cc(=O)oc2cc(NC(=O)C3C(=O)c4ccccc4S(=O)(=O)N3C)ccc12. The van der Waals surface area contributed by atoms with Crippen LogP contribution in [0.4, 0.5) is 5.69 Å². The number of carbonyl (C=O) groups excluding carboxylic acids is 2. The molecular formula is C20H16N2O6S. The molecule has 1 atom stereocenters. The van der Waals surface area contributed by atoms with Gasteiger partial charge in [-0.1, -0.05) is 12.1 Å². The summed E-state index contributed by atoms with van der Waals surface area (Å²) < 4.78 is 31.3. The molecule has 29 heavy (non-hydrogen) atoms. The number of rotatable bonds is 2. The summed E-state index contributed by atoms with van der Waals surface area (Å²) in [5.74, 6) is -1.41. The summed E-state index contributed by atoms with van der Waals surface area (Å²) in [5, 5.41) is 3.24. The zero-order chi connectivity index (χ0) is 20.9. The molecule has 1 N–H and O–H groups in total. The first kappa shape index (κ1) is 19.0. The fraction of sp³-hybridized carbons (Fsp3) is 0.150. The molecular weight excluding hydrogens is 396 g/mol. The number of fused-ring (bicyclic) bond motifs is 2. The molecule has 0 saturated carbocycles. The predicted molar refractivity (Wildman–Crippen MR) is 105 cm³/mol. The molecule has 9 heteroatoms. The summed E-state index contributed by atoms with van der Waals surface area (Å²) in [6.07, 6.45) is 0. The Morgan fingerprint density at radius 1 is 1.10 bits per heavy atom. The van der Waals surface area contributed by atoms with Crippen LogP contribution in [0.1, 0.15) is 15.9 Å². The second-order valence-corrected chi connectivity index (χ2v) is 8.70. The van der Waals surface area contributed by atoms with Crippen LogP contribution in [0.25, 0.3) is 11.0 Å². The van der Waals surface area contributed by atoms with Crippen molar-refractivity contribution in [3.63, 3.8) is 0 Å². The molecule has 4 rings (SSSR count). The van der Waals surface area contributed by atoms with E-state index in [-0.39, 0.29) is 21.7 Å². The Labute approximate surface area is 165 Å². The average molecular weight is 412 g/mol. The number of aryl methyl sites for hydroxylation is 1. The normalized spacial score (nSPS) is 18.4. The fourth-order valence-corrected chi connectivity index (χ4v) is 4.88. The van der Waals surface area contributed by atoms with Gasteiger partial charge in [0.15, 0.2) is 11.8 Å². The maximum Gasteiger partial charge on any atom is 0.336 e. The van der Waals surface area contributed by atoms with Crippen LogP contribution in [0, 0.1) is 6.92 Å². The van der Waals surface area contributed by atoms with Crippen LogP contribution in [-0.4, -0.2) is 37.5 Å². The molecule has 8 nitrogen and oxygen atoms in total. The molecule has 148 valence electrons. The van der Waals surface area contributed by atoms with Crippen molar-refractivity contribution in [3.8, 4) is 0 Å². The van der Waals surface area contributed by atoms with E-state index in [1.807, 2.05) is 0 Å². The van der Waals surface area contributed by atoms with E-state index in [0.29, 0.717) is 5.39 Å². The Kier molecular flexibility index (Phi) is 4.36. The van der Waals surface area contributed by atoms with Crippen LogP contribution in [0.2, 0.25) is 0 Å². The molecule has 2 heterocycles. The van der Waals surface area contributed by atoms with E-state index in [0.717, 1.165) is 9.87 Å². The van der Waals surface area contributed by atoms with Crippen molar-refractivity contribution in [1.82, 2.24) is 4.31 Å². The summed E-state index contributed by atoms with van der Waals surface area (Å²) in [6.45, 7) is 1.76. The van der Waals surface area contributed by atoms with Crippen molar-refractivity contribution in [3.05, 3.63) is 70.1 Å². The third-order valence-corrected chi connectivity index (χ3v) is 6.77. The number of hydrogen-bond acceptors (Lipinski definition) is 6. The van der Waals surface area contributed by atoms with Gasteiger partial charge in [-0.15, -0.1) is 0 Å². The first-order valence-electron chi connectivity index (χ1n) is 8.67. The highest BCUT2D eigenvalue weighted by atomic mass is 32.2. The highest BCUT2D eigenvalue weighted by molar-refractivity contribution is 7.89. The number of likely N-dealkylation sites (N-methyl/N-ethyl adjacent to an activating group) is 1. The van der Waals surface area contributed by atoms with Crippen LogP contribution in [-0.2, 0) is 14.8 Å². The number of benzene rings is 2. The van der Waals surface area contributed by atoms with Crippen LogP contribution >= 0.6 is 0 Å². The molecule has 0 aliphatic carbocycles. The fourth-order valence-electron chi connectivity index (χ4n) is 3.40. The van der Waals surface area contributed by atoms with Crippen LogP contribution in [0.15, 0.2) is 62.6 Å². The quantitative estimate of drug-likeness (QED) is 0.508. The summed E-state index contributed by atoms with van der Waals surface area (Å²) in [7, 11) is -2.80. The second kappa shape index (κ2) is 6.64. The Bertz CT molecular complexity index is 1340. The maximum absolute atomic E-state index is 12.8. The van der Waals surface area contributed by atoms with Crippen LogP contribution < -0.4 is 10.9 Å². The monoisotopic (exact) mass is 412 g/mol. The molecule has 3 aromatic rings. The van der Waals surface area contributed by atoms with Gasteiger partial charge in [0, 0.05) is 35.8 Å². The number of Topliss-reactive ketones (excluding diaryl/α,β-unsaturated/α-hetero) is 1. The van der Waals surface area contributed by atoms with Crippen molar-refractivity contribution in [1.29, 1.82) is 0 Å². The van der Waals surface area contributed by atoms with E-state index >= 15 is 0 Å². The van der Waals surface area contributed by atoms with Gasteiger partial charge in [0.05, 0.1) is 4.90 Å². The number of carbonyl (C=O) groups is 2. The Hall–Kier alpha value is -3.30. The summed E-state index contributed by atoms with van der Waals surface area (Å²) in [5.41, 5.74) is 0.719. The Morgan fingerprint density at radius 3 is 2.59 bits per heavy atom. The lowest BCUT2D eigenvalue weighted by atomic mass is 10.0. The van der Waals surface area contributed by atoms with E-state index in [1.165, 1.54) is 37.4 Å². The van der Waals surface area contributed by atoms with E-state index in [4.69, 9.17) is 4.42 Å². The van der Waals surface area contributed by atoms with Gasteiger partial charge >= 0.3 is 5.63 Å². The molecule has 1 aliphatic heterocycles. The molecule has 0 fully saturated rings. The van der Waals surface area contributed by atoms with Crippen molar-refractivity contribution in [2.24, 2.45) is 0 Å². The molecule has 0 radical (unpaired) electrons. The van der Waals surface area contributed by atoms with Gasteiger partial charge in [-0.2, -0.15) is 4.31 Å². The smallest absolute Gasteiger partial charge is 0.336 e. The number of nitrogens with zero attached hydrogens (tertiary/aromatic N) is 1. The number of sulfonamides is 1. The molecule has 1 aliphatic rings. The Balaban J connectivity index is 1.71. The van der Waals surface area contributed by atoms with E-state index < -0.39 is 33.4 Å². The van der Waals surface area contributed by atoms with E-state index in [2.05, 4.69) is 5.32 Å². The zero-order valence-corrected chi connectivity index (χ0v) is 16.3. The largest absolute Gasteiger partial charge is 0.423 e. The average Bonchev–Trinajstić information content (AvgIpc) is 2.66. The predicted octanol–water partition coefficient (Wildman–Crippen LogP) is 1.93. The molecule has 0 bridgehead atoms. The number of nitrogens with one attached hydrogen (secondary N) is 1. The maximum atomic E-state index is 12.8. The first-order valence-corrected chi connectivity index (χ1v) is 10.1. The molecule has 0 spiro atoms. The standard InChI is InChI=1S/C20H16N2O6S/c1-11-9-17(23)28-15-10-12(7-8-13(11)15)21-20(25)18-19(24)14-5-3-4-6-16(14)29(26,27)22(18)2/h3-10,18H,1-2H3,(H,21,25). The van der Waals surface area contributed by atoms with Gasteiger partial charge in [0.25, 0.3) is 5.91 Å². The van der Waals surface area contributed by atoms with Crippen LogP contribution in [0.5, 0.6) is 0 Å². The van der Waals surface area contributed by atoms with Gasteiger partial charge in [-0.3, -0.25) is 9.59 Å². The van der Waals surface area contributed by atoms with Crippen molar-refractivity contribution in [2.45, 2.75) is 17.9 Å². The van der Waals surface area contributed by atoms with Crippen molar-refractivity contribution in [2.75, 3.05) is 12.4 Å². The van der Waals surface area contributed by atoms with Gasteiger partial charge < -0.3 is 9.73 Å². The molecule has 0 saturated heterocycles. The summed E-state index contributed by atoms with van der Waals surface area (Å²) >= 11 is 0. The van der Waals surface area contributed by atoms with Crippen molar-refractivity contribution < 1.29 is 22.4 Å². The zero-order valence-electron chi connectivity index (χ0n) is 15.5. The van der Waals surface area contributed by atoms with E-state index in [9.17, 15) is 22.8 Å². The summed E-state index contributed by atoms with van der Waals surface area (Å²) in [4.78, 5) is 37.1. The van der Waals surface area contributed by atoms with Crippen LogP contribution in [0.3, 0.4) is 0 Å². The van der Waals surface area contributed by atoms with Gasteiger partial charge in [-0.05, 0) is 36.8 Å². The van der Waals surface area contributed by atoms with Crippen molar-refractivity contribution >= 4 is 38.4 Å². The van der Waals surface area contributed by atoms with Gasteiger partial charge in [0.2, 0.25) is 10.0 Å². The first-order chi connectivity index (χ1) is 13.7. The minimum atomic E-state index is -3.99. The van der Waals surface area contributed by atoms with Gasteiger partial charge in [0.1, 0.15) is 5.58 Å². The lowest BCUT2D eigenvalue weighted by Gasteiger charge is -2.30. The second-order valence-electron chi connectivity index (χ2n) is 6.73. The highest BCUT2D eigenvalue weighted by Crippen LogP contribution is 2.29. The molecule has 1 aromatic heterocycles. The number of hydrogen-bond donors (Lipinski definition) is 1. The molecule has 2 aromatic carbocycles. The third kappa shape index (κ3) is 3.04. The minimum absolute atomic E-state index is 0.0223. The van der Waals surface area contributed by atoms with E-state index in [1.54, 1.807) is 25.1 Å². The topological polar surface area (TPSA) is 114 Å². The summed E-state index contributed by atoms with van der Waals surface area (Å²) in [6, 6.07) is 10.3. The Morgan fingerprint density at radius 2 is 1.83 bits per heavy atom. The van der Waals surface area contributed by atoms with Gasteiger partial charge in [-0.25, -0.2) is 13.2 Å². The third-order valence-electron chi connectivity index (χ3n) is 4.89. The molecule has 1 unspecified atom stereocenters. The lowest BCUT2D eigenvalue weighted by molar-refractivity contribution is -0.118. The number of amides is 1. The molecule has 1 amide bonds.